The molecule has 0 heterocycles. The normalized spacial score (nSPS) is 9.43. The molecule has 0 aliphatic rings. The summed E-state index contributed by atoms with van der Waals surface area (Å²) in [7, 11) is 0. The van der Waals surface area contributed by atoms with Gasteiger partial charge in [-0.05, 0) is 6.42 Å². The maximum atomic E-state index is 2.99. The van der Waals surface area contributed by atoms with Gasteiger partial charge >= 0.3 is 0 Å². The fourth-order valence-electron chi connectivity index (χ4n) is 0.255. The monoisotopic (exact) mass is 231 g/mol. The van der Waals surface area contributed by atoms with E-state index >= 15 is 0 Å². The van der Waals surface area contributed by atoms with E-state index in [1.165, 1.54) is 18.6 Å². The van der Waals surface area contributed by atoms with E-state index in [4.69, 9.17) is 0 Å². The molecule has 0 aromatic carbocycles. The second-order valence-electron chi connectivity index (χ2n) is 1.28. The average molecular weight is 231 g/mol. The van der Waals surface area contributed by atoms with Crippen molar-refractivity contribution in [1.29, 1.82) is 0 Å². The van der Waals surface area contributed by atoms with Crippen LogP contribution in [-0.2, 0) is 0 Å². The Hall–Kier alpha value is 1.04. The zero-order valence-electron chi connectivity index (χ0n) is 4.41. The smallest absolute Gasteiger partial charge is 0.0286 e. The van der Waals surface area contributed by atoms with Gasteiger partial charge in [0.2, 0.25) is 0 Å². The van der Waals surface area contributed by atoms with Crippen molar-refractivity contribution in [2.24, 2.45) is 0 Å². The number of halogens is 1. The highest BCUT2D eigenvalue weighted by molar-refractivity contribution is 14.1. The van der Waals surface area contributed by atoms with Gasteiger partial charge in [0.1, 0.15) is 0 Å². The van der Waals surface area contributed by atoms with E-state index < -0.39 is 0 Å². The lowest BCUT2D eigenvalue weighted by Gasteiger charge is -1.91. The molecule has 0 bridgehead atoms. The maximum absolute atomic E-state index is 2.99. The molecule has 0 unspecified atom stereocenters. The van der Waals surface area contributed by atoms with Gasteiger partial charge in [0.15, 0.2) is 0 Å². The molecule has 0 saturated carbocycles. The van der Waals surface area contributed by atoms with Gasteiger partial charge in [-0.15, -0.1) is 0 Å². The lowest BCUT2D eigenvalue weighted by Crippen LogP contribution is -1.83. The molecule has 0 aliphatic heterocycles. The van der Waals surface area contributed by atoms with Crippen LogP contribution in [0.15, 0.2) is 0 Å². The average Bonchev–Trinajstić information content (AvgIpc) is 1.69. The maximum Gasteiger partial charge on any atom is 0.0286 e. The van der Waals surface area contributed by atoms with E-state index in [2.05, 4.69) is 32.7 Å². The fraction of sp³-hybridized carbons (Fsp3) is 1.00. The van der Waals surface area contributed by atoms with Crippen LogP contribution in [0.25, 0.3) is 0 Å². The first-order valence-electron chi connectivity index (χ1n) is 2.39. The van der Waals surface area contributed by atoms with Crippen LogP contribution < -0.4 is 2.94 Å². The molecule has 0 spiro atoms. The second-order valence-corrected chi connectivity index (χ2v) is 3.45. The summed E-state index contributed by atoms with van der Waals surface area (Å²) in [5, 5.41) is 0. The van der Waals surface area contributed by atoms with Crippen LogP contribution in [0.1, 0.15) is 19.8 Å². The molecule has 44 valence electrons. The van der Waals surface area contributed by atoms with Crippen LogP contribution >= 0.6 is 34.8 Å². The van der Waals surface area contributed by atoms with Crippen molar-refractivity contribution < 1.29 is 0 Å². The summed E-state index contributed by atoms with van der Waals surface area (Å²) in [4.78, 5) is 0. The van der Waals surface area contributed by atoms with Gasteiger partial charge in [0.25, 0.3) is 0 Å². The summed E-state index contributed by atoms with van der Waals surface area (Å²) in [5.74, 6) is 1.24. The first-order chi connectivity index (χ1) is 3.41. The van der Waals surface area contributed by atoms with Crippen LogP contribution in [0.5, 0.6) is 0 Å². The summed E-state index contributed by atoms with van der Waals surface area (Å²) in [6.45, 7) is 2.20. The molecule has 1 N–H and O–H groups in total. The lowest BCUT2D eigenvalue weighted by atomic mass is 10.4. The van der Waals surface area contributed by atoms with Crippen molar-refractivity contribution in [3.05, 3.63) is 0 Å². The highest BCUT2D eigenvalue weighted by atomic mass is 127. The third-order valence-corrected chi connectivity index (χ3v) is 2.19. The van der Waals surface area contributed by atoms with E-state index in [1.807, 2.05) is 0 Å². The summed E-state index contributed by atoms with van der Waals surface area (Å²) >= 11 is 3.91. The molecular formula is C4H10INS. The van der Waals surface area contributed by atoms with Gasteiger partial charge in [-0.3, -0.25) is 0 Å². The lowest BCUT2D eigenvalue weighted by molar-refractivity contribution is 0.896. The van der Waals surface area contributed by atoms with Crippen molar-refractivity contribution in [3.63, 3.8) is 0 Å². The topological polar surface area (TPSA) is 12.0 Å². The van der Waals surface area contributed by atoms with Gasteiger partial charge < -0.3 is 0 Å². The van der Waals surface area contributed by atoms with Gasteiger partial charge in [-0.1, -0.05) is 25.3 Å². The summed E-state index contributed by atoms with van der Waals surface area (Å²) in [6, 6.07) is 0. The molecule has 3 heteroatoms. The first-order valence-corrected chi connectivity index (χ1v) is 4.45. The molecule has 0 aromatic rings. The molecule has 1 nitrogen and oxygen atoms in total. The predicted molar refractivity (Wildman–Crippen MR) is 44.5 cm³/mol. The summed E-state index contributed by atoms with van der Waals surface area (Å²) < 4.78 is 2.99. The minimum atomic E-state index is 1.24. The standard InChI is InChI=1S/C4H10INS/c1-2-3-4-7-6-5/h6H,2-4H2,1H3. The van der Waals surface area contributed by atoms with E-state index in [0.717, 1.165) is 0 Å². The third-order valence-electron chi connectivity index (χ3n) is 0.655. The highest BCUT2D eigenvalue weighted by Crippen LogP contribution is 2.00. The summed E-state index contributed by atoms with van der Waals surface area (Å²) in [5.41, 5.74) is 0. The van der Waals surface area contributed by atoms with Crippen LogP contribution in [0, 0.1) is 0 Å². The van der Waals surface area contributed by atoms with Crippen molar-refractivity contribution >= 4 is 34.8 Å². The predicted octanol–water partition coefficient (Wildman–Crippen LogP) is 2.37. The second kappa shape index (κ2) is 7.04. The van der Waals surface area contributed by atoms with E-state index in [-0.39, 0.29) is 0 Å². The zero-order valence-corrected chi connectivity index (χ0v) is 7.38. The Morgan fingerprint density at radius 1 is 1.71 bits per heavy atom. The van der Waals surface area contributed by atoms with Gasteiger partial charge in [-0.2, -0.15) is 0 Å². The van der Waals surface area contributed by atoms with Crippen molar-refractivity contribution in [3.8, 4) is 0 Å². The molecule has 0 rings (SSSR count). The van der Waals surface area contributed by atoms with Gasteiger partial charge in [0, 0.05) is 28.6 Å². The van der Waals surface area contributed by atoms with Crippen molar-refractivity contribution in [1.82, 2.24) is 2.94 Å². The van der Waals surface area contributed by atoms with Crippen LogP contribution in [0.2, 0.25) is 0 Å². The number of nitrogens with one attached hydrogen (secondary N) is 1. The minimum absolute atomic E-state index is 1.24. The molecule has 0 atom stereocenters. The number of hydrogen-bond acceptors (Lipinski definition) is 2. The van der Waals surface area contributed by atoms with Crippen LogP contribution in [0.3, 0.4) is 0 Å². The Labute approximate surface area is 63.3 Å². The Balaban J connectivity index is 2.45. The zero-order chi connectivity index (χ0) is 5.54. The Kier molecular flexibility index (Phi) is 8.09. The van der Waals surface area contributed by atoms with E-state index in [0.29, 0.717) is 0 Å². The Morgan fingerprint density at radius 2 is 2.43 bits per heavy atom. The van der Waals surface area contributed by atoms with Crippen LogP contribution in [-0.4, -0.2) is 5.75 Å². The quantitative estimate of drug-likeness (QED) is 0.345. The molecule has 0 fully saturated rings. The largest absolute Gasteiger partial charge is 0.205 e. The molecule has 7 heavy (non-hydrogen) atoms. The van der Waals surface area contributed by atoms with E-state index in [1.54, 1.807) is 11.9 Å². The van der Waals surface area contributed by atoms with Crippen LogP contribution in [0.4, 0.5) is 0 Å². The number of rotatable bonds is 4. The molecular weight excluding hydrogens is 221 g/mol. The molecule has 0 aliphatic carbocycles. The van der Waals surface area contributed by atoms with Crippen molar-refractivity contribution in [2.75, 3.05) is 5.75 Å². The van der Waals surface area contributed by atoms with Gasteiger partial charge in [0.05, 0.1) is 0 Å². The van der Waals surface area contributed by atoms with E-state index in [9.17, 15) is 0 Å². The number of hydrogen-bond donors (Lipinski definition) is 1. The molecule has 0 amide bonds. The highest BCUT2D eigenvalue weighted by Gasteiger charge is 1.80. The summed E-state index contributed by atoms with van der Waals surface area (Å²) in [6.07, 6.45) is 2.62. The molecule has 0 saturated heterocycles. The first kappa shape index (κ1) is 8.04. The number of unbranched alkanes of at least 4 members (excludes halogenated alkanes) is 1. The Morgan fingerprint density at radius 3 is 2.86 bits per heavy atom. The van der Waals surface area contributed by atoms with Crippen molar-refractivity contribution in [2.45, 2.75) is 19.8 Å². The van der Waals surface area contributed by atoms with Gasteiger partial charge in [-0.25, -0.2) is 2.94 Å². The SMILES string of the molecule is CCCCSNI. The fourth-order valence-corrected chi connectivity index (χ4v) is 1.43. The minimum Gasteiger partial charge on any atom is -0.205 e. The molecule has 0 radical (unpaired) electrons. The molecule has 0 aromatic heterocycles. The Bertz CT molecular complexity index is 30.9. The third kappa shape index (κ3) is 7.04.